The minimum absolute atomic E-state index is 0.211. The molecule has 2 rings (SSSR count). The zero-order valence-electron chi connectivity index (χ0n) is 10.3. The molecule has 88 valence electrons. The van der Waals surface area contributed by atoms with E-state index in [1.165, 1.54) is 6.42 Å². The van der Waals surface area contributed by atoms with Crippen molar-refractivity contribution in [2.24, 2.45) is 0 Å². The van der Waals surface area contributed by atoms with Crippen molar-refractivity contribution < 1.29 is 0 Å². The van der Waals surface area contributed by atoms with Crippen LogP contribution in [0.1, 0.15) is 45.6 Å². The van der Waals surface area contributed by atoms with E-state index >= 15 is 0 Å². The summed E-state index contributed by atoms with van der Waals surface area (Å²) in [7, 11) is 0. The van der Waals surface area contributed by atoms with Gasteiger partial charge in [-0.1, -0.05) is 20.8 Å². The fourth-order valence-electron chi connectivity index (χ4n) is 2.49. The van der Waals surface area contributed by atoms with E-state index in [2.05, 4.69) is 4.90 Å². The van der Waals surface area contributed by atoms with Gasteiger partial charge in [-0.25, -0.2) is 0 Å². The lowest BCUT2D eigenvalue weighted by Crippen LogP contribution is -2.48. The summed E-state index contributed by atoms with van der Waals surface area (Å²) in [5.74, 6) is 0. The predicted octanol–water partition coefficient (Wildman–Crippen LogP) is 1.57. The second kappa shape index (κ2) is 3.72. The van der Waals surface area contributed by atoms with Crippen molar-refractivity contribution in [3.63, 3.8) is 0 Å². The number of hydrogen-bond donors (Lipinski definition) is 0. The van der Waals surface area contributed by atoms with Crippen molar-refractivity contribution in [1.82, 2.24) is 0 Å². The number of piperidine rings is 1. The Kier molecular flexibility index (Phi) is 2.64. The summed E-state index contributed by atoms with van der Waals surface area (Å²) in [4.78, 5) is 25.4. The Labute approximate surface area is 95.8 Å². The van der Waals surface area contributed by atoms with Crippen LogP contribution in [0, 0.1) is 0 Å². The Morgan fingerprint density at radius 1 is 0.938 bits per heavy atom. The number of hydrogen-bond acceptors (Lipinski definition) is 3. The maximum atomic E-state index is 11.7. The van der Waals surface area contributed by atoms with Gasteiger partial charge in [0.25, 0.3) is 0 Å². The topological polar surface area (TPSA) is 37.4 Å². The Balaban J connectivity index is 2.38. The van der Waals surface area contributed by atoms with Crippen LogP contribution in [-0.2, 0) is 5.41 Å². The molecule has 0 aliphatic carbocycles. The molecule has 1 aliphatic rings. The smallest absolute Gasteiger partial charge is 0.249 e. The van der Waals surface area contributed by atoms with Gasteiger partial charge in [0.1, 0.15) is 0 Å². The van der Waals surface area contributed by atoms with Crippen LogP contribution in [0.5, 0.6) is 0 Å². The molecule has 1 heterocycles. The summed E-state index contributed by atoms with van der Waals surface area (Å²) < 4.78 is 0. The van der Waals surface area contributed by atoms with E-state index in [1.54, 1.807) is 0 Å². The molecule has 0 radical (unpaired) electrons. The summed E-state index contributed by atoms with van der Waals surface area (Å²) in [6.07, 6.45) is 3.49. The average Bonchev–Trinajstić information content (AvgIpc) is 2.23. The average molecular weight is 221 g/mol. The molecule has 1 aliphatic heterocycles. The van der Waals surface area contributed by atoms with E-state index in [9.17, 15) is 9.59 Å². The predicted molar refractivity (Wildman–Crippen MR) is 66.1 cm³/mol. The van der Waals surface area contributed by atoms with Gasteiger partial charge in [-0.05, 0) is 24.7 Å². The highest BCUT2D eigenvalue weighted by Crippen LogP contribution is 2.29. The molecule has 0 saturated carbocycles. The second-order valence-corrected chi connectivity index (χ2v) is 5.68. The minimum Gasteiger partial charge on any atom is -0.368 e. The Bertz CT molecular complexity index is 455. The number of nitrogens with zero attached hydrogens (tertiary/aromatic N) is 1. The fourth-order valence-corrected chi connectivity index (χ4v) is 2.49. The molecule has 1 saturated heterocycles. The van der Waals surface area contributed by atoms with Crippen molar-refractivity contribution in [1.29, 1.82) is 0 Å². The highest BCUT2D eigenvalue weighted by Gasteiger charge is 2.33. The first kappa shape index (κ1) is 11.4. The molecule has 0 bridgehead atoms. The molecule has 1 aromatic carbocycles. The lowest BCUT2D eigenvalue weighted by molar-refractivity contribution is 0.545. The fraction of sp³-hybridized carbons (Fsp3) is 0.692. The normalized spacial score (nSPS) is 18.1. The first-order valence-corrected chi connectivity index (χ1v) is 6.01. The van der Waals surface area contributed by atoms with Crippen LogP contribution in [0.3, 0.4) is 0 Å². The molecule has 0 spiro atoms. The third-order valence-electron chi connectivity index (χ3n) is 3.31. The van der Waals surface area contributed by atoms with Gasteiger partial charge in [-0.3, -0.25) is 9.59 Å². The SMILES string of the molecule is CC(C)(C)c1c(N2CCCCC2)c(=O)c1=O. The molecular formula is C13H19NO2. The van der Waals surface area contributed by atoms with Gasteiger partial charge in [-0.2, -0.15) is 0 Å². The van der Waals surface area contributed by atoms with Crippen molar-refractivity contribution in [2.75, 3.05) is 18.0 Å². The van der Waals surface area contributed by atoms with Crippen LogP contribution in [0.2, 0.25) is 0 Å². The molecule has 0 N–H and O–H groups in total. The first-order valence-electron chi connectivity index (χ1n) is 6.01. The van der Waals surface area contributed by atoms with E-state index in [0.717, 1.165) is 31.5 Å². The van der Waals surface area contributed by atoms with Crippen molar-refractivity contribution in [2.45, 2.75) is 45.4 Å². The van der Waals surface area contributed by atoms with Gasteiger partial charge in [0, 0.05) is 18.7 Å². The largest absolute Gasteiger partial charge is 0.368 e. The van der Waals surface area contributed by atoms with E-state index in [0.29, 0.717) is 5.69 Å². The summed E-state index contributed by atoms with van der Waals surface area (Å²) in [5.41, 5.74) is 0.689. The zero-order chi connectivity index (χ0) is 11.9. The van der Waals surface area contributed by atoms with E-state index in [1.807, 2.05) is 20.8 Å². The monoisotopic (exact) mass is 221 g/mol. The third kappa shape index (κ3) is 1.68. The summed E-state index contributed by atoms with van der Waals surface area (Å²) in [6.45, 7) is 7.84. The summed E-state index contributed by atoms with van der Waals surface area (Å²) in [6, 6.07) is 0. The van der Waals surface area contributed by atoms with Gasteiger partial charge < -0.3 is 4.90 Å². The molecule has 1 aromatic rings. The molecule has 1 fully saturated rings. The van der Waals surface area contributed by atoms with Crippen LogP contribution in [0.25, 0.3) is 0 Å². The van der Waals surface area contributed by atoms with Crippen LogP contribution in [0.15, 0.2) is 9.59 Å². The number of anilines is 1. The molecule has 0 unspecified atom stereocenters. The molecule has 0 atom stereocenters. The maximum Gasteiger partial charge on any atom is 0.249 e. The Morgan fingerprint density at radius 3 is 2.00 bits per heavy atom. The lowest BCUT2D eigenvalue weighted by atomic mass is 9.81. The highest BCUT2D eigenvalue weighted by atomic mass is 16.2. The van der Waals surface area contributed by atoms with Crippen LogP contribution in [0.4, 0.5) is 5.69 Å². The van der Waals surface area contributed by atoms with Gasteiger partial charge in [0.2, 0.25) is 10.9 Å². The first-order chi connectivity index (χ1) is 7.43. The standard InChI is InChI=1S/C13H19NO2/c1-13(2,3)9-10(12(16)11(9)15)14-7-5-4-6-8-14/h4-8H2,1-3H3. The summed E-state index contributed by atoms with van der Waals surface area (Å²) >= 11 is 0. The lowest BCUT2D eigenvalue weighted by Gasteiger charge is -2.34. The van der Waals surface area contributed by atoms with E-state index < -0.39 is 0 Å². The molecule has 0 amide bonds. The minimum atomic E-state index is -0.271. The van der Waals surface area contributed by atoms with Crippen molar-refractivity contribution in [3.8, 4) is 0 Å². The van der Waals surface area contributed by atoms with Crippen LogP contribution in [-0.4, -0.2) is 13.1 Å². The second-order valence-electron chi connectivity index (χ2n) is 5.68. The van der Waals surface area contributed by atoms with Crippen LogP contribution < -0.4 is 15.8 Å². The van der Waals surface area contributed by atoms with E-state index in [-0.39, 0.29) is 16.3 Å². The van der Waals surface area contributed by atoms with Gasteiger partial charge in [0.05, 0.1) is 5.69 Å². The Hall–Kier alpha value is -1.12. The van der Waals surface area contributed by atoms with Gasteiger partial charge >= 0.3 is 0 Å². The molecule has 3 heteroatoms. The van der Waals surface area contributed by atoms with Gasteiger partial charge in [0.15, 0.2) is 0 Å². The Morgan fingerprint density at radius 2 is 1.50 bits per heavy atom. The van der Waals surface area contributed by atoms with Crippen molar-refractivity contribution in [3.05, 3.63) is 26.0 Å². The quantitative estimate of drug-likeness (QED) is 0.675. The molecular weight excluding hydrogens is 202 g/mol. The maximum absolute atomic E-state index is 11.7. The van der Waals surface area contributed by atoms with E-state index in [4.69, 9.17) is 0 Å². The highest BCUT2D eigenvalue weighted by molar-refractivity contribution is 5.61. The molecule has 16 heavy (non-hydrogen) atoms. The van der Waals surface area contributed by atoms with Crippen LogP contribution >= 0.6 is 0 Å². The number of rotatable bonds is 1. The molecule has 3 nitrogen and oxygen atoms in total. The summed E-state index contributed by atoms with van der Waals surface area (Å²) in [5, 5.41) is 0. The van der Waals surface area contributed by atoms with Crippen molar-refractivity contribution >= 4 is 5.69 Å². The zero-order valence-corrected chi connectivity index (χ0v) is 10.3. The molecule has 0 aromatic heterocycles. The third-order valence-corrected chi connectivity index (χ3v) is 3.31. The van der Waals surface area contributed by atoms with Gasteiger partial charge in [-0.15, -0.1) is 0 Å².